The highest BCUT2D eigenvalue weighted by molar-refractivity contribution is 7.91. The highest BCUT2D eigenvalue weighted by Gasteiger charge is 2.34. The van der Waals surface area contributed by atoms with E-state index in [1.807, 2.05) is 6.92 Å². The summed E-state index contributed by atoms with van der Waals surface area (Å²) < 4.78 is 46.6. The van der Waals surface area contributed by atoms with Gasteiger partial charge >= 0.3 is 0 Å². The van der Waals surface area contributed by atoms with Gasteiger partial charge in [0.05, 0.1) is 16.4 Å². The fourth-order valence-electron chi connectivity index (χ4n) is 2.74. The summed E-state index contributed by atoms with van der Waals surface area (Å²) in [4.78, 5) is 14.4. The van der Waals surface area contributed by atoms with Gasteiger partial charge in [-0.3, -0.25) is 4.79 Å². The van der Waals surface area contributed by atoms with E-state index in [1.165, 1.54) is 18.2 Å². The summed E-state index contributed by atoms with van der Waals surface area (Å²) in [6.45, 7) is 2.36. The molecule has 1 saturated heterocycles. The van der Waals surface area contributed by atoms with Crippen molar-refractivity contribution in [3.05, 3.63) is 29.8 Å². The molecule has 1 aliphatic heterocycles. The first-order chi connectivity index (χ1) is 10.6. The molecular formula is C15H21NO5S2. The lowest BCUT2D eigenvalue weighted by Crippen LogP contribution is -2.41. The van der Waals surface area contributed by atoms with E-state index in [0.29, 0.717) is 19.4 Å². The molecule has 1 amide bonds. The first-order valence-corrected chi connectivity index (χ1v) is 11.2. The molecule has 1 aromatic carbocycles. The molecule has 1 aliphatic rings. The third-order valence-electron chi connectivity index (χ3n) is 3.88. The highest BCUT2D eigenvalue weighted by atomic mass is 32.2. The molecule has 0 saturated carbocycles. The molecule has 0 N–H and O–H groups in total. The lowest BCUT2D eigenvalue weighted by molar-refractivity contribution is 0.0697. The molecule has 1 atom stereocenters. The van der Waals surface area contributed by atoms with Crippen molar-refractivity contribution >= 4 is 25.6 Å². The topological polar surface area (TPSA) is 88.6 Å². The van der Waals surface area contributed by atoms with Crippen LogP contribution in [-0.2, 0) is 19.7 Å². The molecule has 1 fully saturated rings. The zero-order valence-corrected chi connectivity index (χ0v) is 14.9. The van der Waals surface area contributed by atoms with Crippen LogP contribution in [-0.4, -0.2) is 58.0 Å². The predicted octanol–water partition coefficient (Wildman–Crippen LogP) is 1.13. The van der Waals surface area contributed by atoms with E-state index in [9.17, 15) is 21.6 Å². The van der Waals surface area contributed by atoms with Gasteiger partial charge < -0.3 is 4.90 Å². The zero-order chi connectivity index (χ0) is 17.3. The smallest absolute Gasteiger partial charge is 0.254 e. The van der Waals surface area contributed by atoms with Gasteiger partial charge in [0.25, 0.3) is 5.91 Å². The molecule has 0 unspecified atom stereocenters. The molecule has 0 radical (unpaired) electrons. The molecule has 1 heterocycles. The van der Waals surface area contributed by atoms with Gasteiger partial charge in [0.2, 0.25) is 0 Å². The maximum absolute atomic E-state index is 12.7. The van der Waals surface area contributed by atoms with Gasteiger partial charge in [-0.15, -0.1) is 0 Å². The monoisotopic (exact) mass is 359 g/mol. The van der Waals surface area contributed by atoms with E-state index in [-0.39, 0.29) is 33.9 Å². The second-order valence-corrected chi connectivity index (χ2v) is 10.1. The lowest BCUT2D eigenvalue weighted by atomic mass is 10.1. The van der Waals surface area contributed by atoms with Gasteiger partial charge in [0.15, 0.2) is 19.7 Å². The van der Waals surface area contributed by atoms with Gasteiger partial charge in [-0.05, 0) is 31.0 Å². The largest absolute Gasteiger partial charge is 0.335 e. The Bertz CT molecular complexity index is 799. The van der Waals surface area contributed by atoms with Gasteiger partial charge in [-0.1, -0.05) is 13.0 Å². The maximum Gasteiger partial charge on any atom is 0.254 e. The molecule has 8 heteroatoms. The number of rotatable bonds is 5. The number of hydrogen-bond acceptors (Lipinski definition) is 5. The molecular weight excluding hydrogens is 338 g/mol. The number of nitrogens with zero attached hydrogens (tertiary/aromatic N) is 1. The Morgan fingerprint density at radius 3 is 2.57 bits per heavy atom. The summed E-state index contributed by atoms with van der Waals surface area (Å²) in [5.41, 5.74) is 0.269. The van der Waals surface area contributed by atoms with Crippen LogP contribution in [0.4, 0.5) is 0 Å². The maximum atomic E-state index is 12.7. The van der Waals surface area contributed by atoms with Gasteiger partial charge in [0, 0.05) is 24.4 Å². The third-order valence-corrected chi connectivity index (χ3v) is 6.74. The Hall–Kier alpha value is -1.41. The van der Waals surface area contributed by atoms with E-state index in [4.69, 9.17) is 0 Å². The Morgan fingerprint density at radius 1 is 1.35 bits per heavy atom. The summed E-state index contributed by atoms with van der Waals surface area (Å²) in [6, 6.07) is 5.54. The Kier molecular flexibility index (Phi) is 5.15. The molecule has 0 aliphatic carbocycles. The summed E-state index contributed by atoms with van der Waals surface area (Å²) in [5.74, 6) is -0.251. The third kappa shape index (κ3) is 4.32. The minimum absolute atomic E-state index is 0.0233. The number of benzene rings is 1. The van der Waals surface area contributed by atoms with Crippen LogP contribution in [0.1, 0.15) is 30.1 Å². The molecule has 128 valence electrons. The fraction of sp³-hybridized carbons (Fsp3) is 0.533. The number of hydrogen-bond donors (Lipinski definition) is 0. The van der Waals surface area contributed by atoms with Crippen LogP contribution < -0.4 is 0 Å². The lowest BCUT2D eigenvalue weighted by Gasteiger charge is -2.28. The summed E-state index contributed by atoms with van der Waals surface area (Å²) in [6.07, 6.45) is 2.22. The molecule has 23 heavy (non-hydrogen) atoms. The van der Waals surface area contributed by atoms with Gasteiger partial charge in [-0.2, -0.15) is 0 Å². The Morgan fingerprint density at radius 2 is 2.04 bits per heavy atom. The fourth-order valence-corrected chi connectivity index (χ4v) is 5.14. The number of carbonyl (C=O) groups excluding carboxylic acids is 1. The summed E-state index contributed by atoms with van der Waals surface area (Å²) in [5, 5.41) is 0. The number of sulfone groups is 2. The average Bonchev–Trinajstić information content (AvgIpc) is 2.83. The van der Waals surface area contributed by atoms with Crippen LogP contribution in [0.15, 0.2) is 29.2 Å². The van der Waals surface area contributed by atoms with Crippen LogP contribution in [0.25, 0.3) is 0 Å². The molecule has 2 rings (SSSR count). The van der Waals surface area contributed by atoms with Gasteiger partial charge in [0.1, 0.15) is 0 Å². The van der Waals surface area contributed by atoms with Crippen molar-refractivity contribution in [3.8, 4) is 0 Å². The number of amides is 1. The van der Waals surface area contributed by atoms with Crippen LogP contribution in [0.3, 0.4) is 0 Å². The Labute approximate surface area is 137 Å². The first kappa shape index (κ1) is 17.9. The van der Waals surface area contributed by atoms with Crippen LogP contribution in [0, 0.1) is 0 Å². The van der Waals surface area contributed by atoms with Crippen molar-refractivity contribution < 1.29 is 21.6 Å². The normalized spacial score (nSPS) is 20.3. The standard InChI is InChI=1S/C15H21NO5S2/c1-3-8-16(13-7-9-23(20,21)11-13)15(17)12-5-4-6-14(10-12)22(2,18)19/h4-6,10,13H,3,7-9,11H2,1-2H3/t13-/m1/s1. The van der Waals surface area contributed by atoms with Crippen molar-refractivity contribution in [3.63, 3.8) is 0 Å². The molecule has 0 spiro atoms. The minimum atomic E-state index is -3.40. The SMILES string of the molecule is CCCN(C(=O)c1cccc(S(C)(=O)=O)c1)[C@@H]1CCS(=O)(=O)C1. The van der Waals surface area contributed by atoms with E-state index >= 15 is 0 Å². The highest BCUT2D eigenvalue weighted by Crippen LogP contribution is 2.21. The van der Waals surface area contributed by atoms with Crippen molar-refractivity contribution in [2.75, 3.05) is 24.3 Å². The second-order valence-electron chi connectivity index (χ2n) is 5.86. The van der Waals surface area contributed by atoms with E-state index in [0.717, 1.165) is 6.26 Å². The predicted molar refractivity (Wildman–Crippen MR) is 87.9 cm³/mol. The average molecular weight is 359 g/mol. The first-order valence-electron chi connectivity index (χ1n) is 7.45. The van der Waals surface area contributed by atoms with Gasteiger partial charge in [-0.25, -0.2) is 16.8 Å². The van der Waals surface area contributed by atoms with Crippen molar-refractivity contribution in [2.45, 2.75) is 30.7 Å². The molecule has 0 bridgehead atoms. The van der Waals surface area contributed by atoms with Crippen molar-refractivity contribution in [2.24, 2.45) is 0 Å². The molecule has 1 aromatic rings. The molecule has 0 aromatic heterocycles. The molecule has 6 nitrogen and oxygen atoms in total. The van der Waals surface area contributed by atoms with Crippen LogP contribution in [0.5, 0.6) is 0 Å². The van der Waals surface area contributed by atoms with E-state index < -0.39 is 19.7 Å². The zero-order valence-electron chi connectivity index (χ0n) is 13.2. The minimum Gasteiger partial charge on any atom is -0.335 e. The Balaban J connectivity index is 2.32. The van der Waals surface area contributed by atoms with Crippen molar-refractivity contribution in [1.82, 2.24) is 4.90 Å². The summed E-state index contributed by atoms with van der Waals surface area (Å²) >= 11 is 0. The van der Waals surface area contributed by atoms with Crippen LogP contribution >= 0.6 is 0 Å². The van der Waals surface area contributed by atoms with Crippen molar-refractivity contribution in [1.29, 1.82) is 0 Å². The van der Waals surface area contributed by atoms with E-state index in [1.54, 1.807) is 11.0 Å². The number of carbonyl (C=O) groups is 1. The summed E-state index contributed by atoms with van der Waals surface area (Å²) in [7, 11) is -6.50. The van der Waals surface area contributed by atoms with E-state index in [2.05, 4.69) is 0 Å². The second kappa shape index (κ2) is 6.60. The van der Waals surface area contributed by atoms with Crippen LogP contribution in [0.2, 0.25) is 0 Å². The quantitative estimate of drug-likeness (QED) is 0.786.